The number of aliphatic hydroxyl groups excluding tert-OH is 1. The van der Waals surface area contributed by atoms with Crippen molar-refractivity contribution in [2.75, 3.05) is 32.0 Å². The molecule has 18 heavy (non-hydrogen) atoms. The molecule has 0 saturated carbocycles. The Bertz CT molecular complexity index is 464. The molecule has 0 bridgehead atoms. The van der Waals surface area contributed by atoms with Gasteiger partial charge in [0.15, 0.2) is 5.11 Å². The maximum atomic E-state index is 9.34. The van der Waals surface area contributed by atoms with E-state index in [-0.39, 0.29) is 6.73 Å². The number of hydrogen-bond acceptors (Lipinski definition) is 3. The second kappa shape index (κ2) is 5.22. The Morgan fingerprint density at radius 3 is 2.61 bits per heavy atom. The van der Waals surface area contributed by atoms with E-state index >= 15 is 0 Å². The van der Waals surface area contributed by atoms with Gasteiger partial charge >= 0.3 is 0 Å². The van der Waals surface area contributed by atoms with Gasteiger partial charge in [-0.05, 0) is 44.7 Å². The van der Waals surface area contributed by atoms with E-state index in [4.69, 9.17) is 12.2 Å². The third kappa shape index (κ3) is 2.48. The highest BCUT2D eigenvalue weighted by Crippen LogP contribution is 2.24. The minimum absolute atomic E-state index is 0.0510. The Morgan fingerprint density at radius 1 is 1.28 bits per heavy atom. The average Bonchev–Trinajstić information content (AvgIpc) is 2.32. The summed E-state index contributed by atoms with van der Waals surface area (Å²) in [4.78, 5) is 5.95. The molecule has 1 saturated heterocycles. The molecule has 4 nitrogen and oxygen atoms in total. The first-order valence-corrected chi connectivity index (χ1v) is 6.37. The van der Waals surface area contributed by atoms with Crippen molar-refractivity contribution in [3.63, 3.8) is 0 Å². The van der Waals surface area contributed by atoms with Crippen LogP contribution in [0.15, 0.2) is 18.2 Å². The molecule has 1 fully saturated rings. The van der Waals surface area contributed by atoms with Gasteiger partial charge in [0, 0.05) is 5.69 Å². The SMILES string of the molecule is Cc1ccc(N2CN(C)CN(CO)C2=S)c(C)c1. The summed E-state index contributed by atoms with van der Waals surface area (Å²) in [5.41, 5.74) is 3.55. The van der Waals surface area contributed by atoms with Crippen LogP contribution in [0.1, 0.15) is 11.1 Å². The number of hydrogen-bond donors (Lipinski definition) is 1. The zero-order valence-corrected chi connectivity index (χ0v) is 11.9. The highest BCUT2D eigenvalue weighted by Gasteiger charge is 2.26. The highest BCUT2D eigenvalue weighted by molar-refractivity contribution is 7.80. The molecule has 1 N–H and O–H groups in total. The summed E-state index contributed by atoms with van der Waals surface area (Å²) < 4.78 is 0. The van der Waals surface area contributed by atoms with Crippen LogP contribution in [0.2, 0.25) is 0 Å². The number of nitrogens with zero attached hydrogens (tertiary/aromatic N) is 3. The van der Waals surface area contributed by atoms with Gasteiger partial charge in [-0.1, -0.05) is 17.7 Å². The van der Waals surface area contributed by atoms with Gasteiger partial charge in [0.2, 0.25) is 0 Å². The summed E-state index contributed by atoms with van der Waals surface area (Å²) in [5.74, 6) is 0. The smallest absolute Gasteiger partial charge is 0.180 e. The highest BCUT2D eigenvalue weighted by atomic mass is 32.1. The van der Waals surface area contributed by atoms with E-state index in [1.165, 1.54) is 11.1 Å². The van der Waals surface area contributed by atoms with Gasteiger partial charge in [0.05, 0.1) is 13.3 Å². The number of aryl methyl sites for hydroxylation is 2. The molecule has 1 heterocycles. The van der Waals surface area contributed by atoms with Crippen LogP contribution in [0.4, 0.5) is 5.69 Å². The van der Waals surface area contributed by atoms with Gasteiger partial charge in [-0.25, -0.2) is 0 Å². The topological polar surface area (TPSA) is 30.0 Å². The van der Waals surface area contributed by atoms with Crippen LogP contribution in [0.25, 0.3) is 0 Å². The fourth-order valence-electron chi connectivity index (χ4n) is 2.26. The van der Waals surface area contributed by atoms with Crippen molar-refractivity contribution >= 4 is 23.0 Å². The Balaban J connectivity index is 2.33. The van der Waals surface area contributed by atoms with Crippen LogP contribution in [0.5, 0.6) is 0 Å². The van der Waals surface area contributed by atoms with E-state index in [2.05, 4.69) is 41.8 Å². The summed E-state index contributed by atoms with van der Waals surface area (Å²) in [5, 5.41) is 10.0. The first kappa shape index (κ1) is 13.3. The van der Waals surface area contributed by atoms with E-state index in [0.29, 0.717) is 11.8 Å². The molecule has 2 rings (SSSR count). The van der Waals surface area contributed by atoms with Crippen LogP contribution in [-0.2, 0) is 0 Å². The van der Waals surface area contributed by atoms with Crippen molar-refractivity contribution in [1.29, 1.82) is 0 Å². The summed E-state index contributed by atoms with van der Waals surface area (Å²) in [6.07, 6.45) is 0. The van der Waals surface area contributed by atoms with Crippen molar-refractivity contribution in [3.8, 4) is 0 Å². The van der Waals surface area contributed by atoms with Gasteiger partial charge in [0.25, 0.3) is 0 Å². The fraction of sp³-hybridized carbons (Fsp3) is 0.462. The van der Waals surface area contributed by atoms with Crippen LogP contribution in [-0.4, -0.2) is 47.1 Å². The minimum Gasteiger partial charge on any atom is -0.376 e. The Labute approximate surface area is 113 Å². The molecule has 1 aliphatic rings. The molecule has 0 spiro atoms. The van der Waals surface area contributed by atoms with Crippen molar-refractivity contribution in [2.24, 2.45) is 0 Å². The van der Waals surface area contributed by atoms with Gasteiger partial charge in [-0.2, -0.15) is 0 Å². The molecule has 0 aromatic heterocycles. The molecule has 0 radical (unpaired) electrons. The van der Waals surface area contributed by atoms with Crippen molar-refractivity contribution in [2.45, 2.75) is 13.8 Å². The van der Waals surface area contributed by atoms with E-state index in [1.807, 2.05) is 7.05 Å². The first-order valence-electron chi connectivity index (χ1n) is 5.96. The second-order valence-corrected chi connectivity index (χ2v) is 5.19. The molecular formula is C13H19N3OS. The molecule has 1 aromatic carbocycles. The molecule has 1 aromatic rings. The number of aliphatic hydroxyl groups is 1. The Kier molecular flexibility index (Phi) is 3.85. The maximum Gasteiger partial charge on any atom is 0.180 e. The zero-order chi connectivity index (χ0) is 13.3. The molecule has 0 atom stereocenters. The van der Waals surface area contributed by atoms with Crippen LogP contribution < -0.4 is 4.90 Å². The normalized spacial score (nSPS) is 17.4. The predicted octanol–water partition coefficient (Wildman–Crippen LogP) is 1.51. The number of thiocarbonyl (C=S) groups is 1. The zero-order valence-electron chi connectivity index (χ0n) is 11.1. The van der Waals surface area contributed by atoms with Crippen molar-refractivity contribution in [1.82, 2.24) is 9.80 Å². The monoisotopic (exact) mass is 265 g/mol. The quantitative estimate of drug-likeness (QED) is 0.819. The van der Waals surface area contributed by atoms with Crippen LogP contribution >= 0.6 is 12.2 Å². The standard InChI is InChI=1S/C13H19N3OS/c1-10-4-5-12(11(2)6-10)16-8-14(3)7-15(9-17)13(16)18/h4-6,17H,7-9H2,1-3H3. The molecular weight excluding hydrogens is 246 g/mol. The van der Waals surface area contributed by atoms with E-state index < -0.39 is 0 Å². The summed E-state index contributed by atoms with van der Waals surface area (Å²) in [6, 6.07) is 6.32. The lowest BCUT2D eigenvalue weighted by atomic mass is 10.1. The first-order chi connectivity index (χ1) is 8.52. The Morgan fingerprint density at radius 2 is 2.00 bits per heavy atom. The average molecular weight is 265 g/mol. The molecule has 0 unspecified atom stereocenters. The van der Waals surface area contributed by atoms with Gasteiger partial charge in [0.1, 0.15) is 6.73 Å². The molecule has 0 amide bonds. The Hall–Kier alpha value is -1.17. The van der Waals surface area contributed by atoms with Crippen LogP contribution in [0, 0.1) is 13.8 Å². The molecule has 98 valence electrons. The van der Waals surface area contributed by atoms with Gasteiger partial charge in [-0.15, -0.1) is 0 Å². The summed E-state index contributed by atoms with van der Waals surface area (Å²) >= 11 is 5.44. The van der Waals surface area contributed by atoms with Crippen LogP contribution in [0.3, 0.4) is 0 Å². The molecule has 0 aliphatic carbocycles. The predicted molar refractivity (Wildman–Crippen MR) is 77.4 cm³/mol. The number of rotatable bonds is 2. The third-order valence-corrected chi connectivity index (χ3v) is 3.59. The maximum absolute atomic E-state index is 9.34. The number of benzene rings is 1. The third-order valence-electron chi connectivity index (χ3n) is 3.11. The van der Waals surface area contributed by atoms with Crippen molar-refractivity contribution in [3.05, 3.63) is 29.3 Å². The fourth-order valence-corrected chi connectivity index (χ4v) is 2.53. The lowest BCUT2D eigenvalue weighted by Crippen LogP contribution is -2.57. The van der Waals surface area contributed by atoms with E-state index in [9.17, 15) is 5.11 Å². The van der Waals surface area contributed by atoms with E-state index in [1.54, 1.807) is 4.90 Å². The van der Waals surface area contributed by atoms with Gasteiger partial charge in [-0.3, -0.25) is 4.90 Å². The molecule has 5 heteroatoms. The lowest BCUT2D eigenvalue weighted by molar-refractivity contribution is 0.105. The minimum atomic E-state index is -0.0510. The molecule has 1 aliphatic heterocycles. The lowest BCUT2D eigenvalue weighted by Gasteiger charge is -2.42. The second-order valence-electron chi connectivity index (χ2n) is 4.82. The summed E-state index contributed by atoms with van der Waals surface area (Å²) in [6.45, 7) is 5.53. The number of anilines is 1. The largest absolute Gasteiger partial charge is 0.376 e. The van der Waals surface area contributed by atoms with Gasteiger partial charge < -0.3 is 14.9 Å². The summed E-state index contributed by atoms with van der Waals surface area (Å²) in [7, 11) is 2.01. The van der Waals surface area contributed by atoms with E-state index in [0.717, 1.165) is 12.4 Å². The van der Waals surface area contributed by atoms with Crippen molar-refractivity contribution < 1.29 is 5.11 Å².